The van der Waals surface area contributed by atoms with Crippen LogP contribution in [0.5, 0.6) is 0 Å². The van der Waals surface area contributed by atoms with Crippen molar-refractivity contribution in [2.24, 2.45) is 10.8 Å². The third-order valence-corrected chi connectivity index (χ3v) is 1.72. The standard InChI is InChI=1S/C8H13N5/c1-5-4-7(6(2)13-12-5)8(10-3)11-9/h4H,9H2,1-3H3,(H,10,11). The van der Waals surface area contributed by atoms with Crippen LogP contribution in [0, 0.1) is 13.8 Å². The minimum atomic E-state index is 0.621. The minimum absolute atomic E-state index is 0.621. The van der Waals surface area contributed by atoms with Crippen molar-refractivity contribution in [2.75, 3.05) is 7.05 Å². The molecule has 0 amide bonds. The quantitative estimate of drug-likeness (QED) is 0.274. The van der Waals surface area contributed by atoms with Gasteiger partial charge in [0.1, 0.15) is 5.84 Å². The highest BCUT2D eigenvalue weighted by Crippen LogP contribution is 2.04. The van der Waals surface area contributed by atoms with E-state index < -0.39 is 0 Å². The Labute approximate surface area is 77.1 Å². The Bertz CT molecular complexity index is 331. The molecule has 1 aromatic rings. The molecule has 3 N–H and O–H groups in total. The molecule has 0 aliphatic rings. The van der Waals surface area contributed by atoms with Crippen molar-refractivity contribution in [2.45, 2.75) is 13.8 Å². The molecule has 1 heterocycles. The number of nitrogens with one attached hydrogen (secondary N) is 1. The first kappa shape index (κ1) is 9.60. The second kappa shape index (κ2) is 3.95. The Hall–Kier alpha value is -1.49. The molecule has 0 aliphatic carbocycles. The third kappa shape index (κ3) is 2.00. The van der Waals surface area contributed by atoms with E-state index in [-0.39, 0.29) is 0 Å². The van der Waals surface area contributed by atoms with Crippen LogP contribution in [0.4, 0.5) is 0 Å². The Morgan fingerprint density at radius 2 is 2.15 bits per heavy atom. The van der Waals surface area contributed by atoms with Crippen molar-refractivity contribution in [1.82, 2.24) is 15.6 Å². The summed E-state index contributed by atoms with van der Waals surface area (Å²) in [4.78, 5) is 3.99. The highest BCUT2D eigenvalue weighted by Gasteiger charge is 2.06. The minimum Gasteiger partial charge on any atom is -0.308 e. The lowest BCUT2D eigenvalue weighted by Crippen LogP contribution is -2.32. The predicted octanol–water partition coefficient (Wildman–Crippen LogP) is -0.0669. The van der Waals surface area contributed by atoms with Crippen LogP contribution in [0.25, 0.3) is 0 Å². The molecule has 1 aromatic heterocycles. The Morgan fingerprint density at radius 1 is 1.46 bits per heavy atom. The fourth-order valence-electron chi connectivity index (χ4n) is 1.05. The molecule has 1 rings (SSSR count). The van der Waals surface area contributed by atoms with Crippen LogP contribution in [0.2, 0.25) is 0 Å². The molecule has 0 aliphatic heterocycles. The molecule has 5 heteroatoms. The van der Waals surface area contributed by atoms with E-state index in [9.17, 15) is 0 Å². The number of hydrogen-bond acceptors (Lipinski definition) is 4. The lowest BCUT2D eigenvalue weighted by molar-refractivity contribution is 0.924. The van der Waals surface area contributed by atoms with Crippen molar-refractivity contribution in [3.8, 4) is 0 Å². The molecular formula is C8H13N5. The molecule has 0 radical (unpaired) electrons. The summed E-state index contributed by atoms with van der Waals surface area (Å²) in [7, 11) is 1.67. The molecule has 0 aromatic carbocycles. The van der Waals surface area contributed by atoms with Gasteiger partial charge >= 0.3 is 0 Å². The predicted molar refractivity (Wildman–Crippen MR) is 51.3 cm³/mol. The van der Waals surface area contributed by atoms with Crippen LogP contribution in [0.1, 0.15) is 17.0 Å². The second-order valence-electron chi connectivity index (χ2n) is 2.70. The van der Waals surface area contributed by atoms with Gasteiger partial charge in [-0.2, -0.15) is 10.2 Å². The van der Waals surface area contributed by atoms with Gasteiger partial charge in [-0.1, -0.05) is 0 Å². The molecule has 13 heavy (non-hydrogen) atoms. The molecule has 0 fully saturated rings. The van der Waals surface area contributed by atoms with Crippen LogP contribution < -0.4 is 11.3 Å². The van der Waals surface area contributed by atoms with E-state index in [1.165, 1.54) is 0 Å². The number of aryl methyl sites for hydroxylation is 2. The van der Waals surface area contributed by atoms with E-state index in [1.54, 1.807) is 7.05 Å². The van der Waals surface area contributed by atoms with Crippen molar-refractivity contribution in [3.63, 3.8) is 0 Å². The summed E-state index contributed by atoms with van der Waals surface area (Å²) in [5, 5.41) is 7.89. The number of nitrogens with two attached hydrogens (primary N) is 1. The van der Waals surface area contributed by atoms with E-state index in [0.29, 0.717) is 5.84 Å². The monoisotopic (exact) mass is 179 g/mol. The molecule has 0 bridgehead atoms. The van der Waals surface area contributed by atoms with Crippen LogP contribution in [0.15, 0.2) is 11.1 Å². The number of nitrogens with zero attached hydrogens (tertiary/aromatic N) is 3. The van der Waals surface area contributed by atoms with Gasteiger partial charge in [-0.3, -0.25) is 4.99 Å². The smallest absolute Gasteiger partial charge is 0.144 e. The first-order valence-corrected chi connectivity index (χ1v) is 3.93. The molecular weight excluding hydrogens is 166 g/mol. The van der Waals surface area contributed by atoms with Crippen LogP contribution in [0.3, 0.4) is 0 Å². The normalized spacial score (nSPS) is 11.5. The van der Waals surface area contributed by atoms with Crippen LogP contribution in [-0.2, 0) is 0 Å². The highest BCUT2D eigenvalue weighted by molar-refractivity contribution is 5.99. The van der Waals surface area contributed by atoms with Gasteiger partial charge in [-0.25, -0.2) is 5.84 Å². The fraction of sp³-hybridized carbons (Fsp3) is 0.375. The molecule has 0 unspecified atom stereocenters. The number of hydrogen-bond donors (Lipinski definition) is 2. The van der Waals surface area contributed by atoms with Crippen LogP contribution in [-0.4, -0.2) is 23.1 Å². The zero-order chi connectivity index (χ0) is 9.84. The average Bonchev–Trinajstić information content (AvgIpc) is 2.13. The van der Waals surface area contributed by atoms with E-state index in [4.69, 9.17) is 5.84 Å². The van der Waals surface area contributed by atoms with Crippen molar-refractivity contribution in [3.05, 3.63) is 23.0 Å². The van der Waals surface area contributed by atoms with E-state index in [0.717, 1.165) is 17.0 Å². The Kier molecular flexibility index (Phi) is 2.92. The van der Waals surface area contributed by atoms with E-state index >= 15 is 0 Å². The number of rotatable bonds is 1. The summed E-state index contributed by atoms with van der Waals surface area (Å²) in [6.45, 7) is 3.74. The Morgan fingerprint density at radius 3 is 2.69 bits per heavy atom. The highest BCUT2D eigenvalue weighted by atomic mass is 15.2. The van der Waals surface area contributed by atoms with Crippen LogP contribution >= 0.6 is 0 Å². The molecule has 0 saturated carbocycles. The van der Waals surface area contributed by atoms with Gasteiger partial charge in [0.05, 0.1) is 11.4 Å². The maximum atomic E-state index is 5.31. The van der Waals surface area contributed by atoms with Gasteiger partial charge in [0, 0.05) is 12.6 Å². The fourth-order valence-corrected chi connectivity index (χ4v) is 1.05. The van der Waals surface area contributed by atoms with Gasteiger partial charge in [0.15, 0.2) is 0 Å². The maximum absolute atomic E-state index is 5.31. The maximum Gasteiger partial charge on any atom is 0.144 e. The summed E-state index contributed by atoms with van der Waals surface area (Å²) in [6, 6.07) is 1.89. The van der Waals surface area contributed by atoms with E-state index in [1.807, 2.05) is 19.9 Å². The first-order valence-electron chi connectivity index (χ1n) is 3.93. The second-order valence-corrected chi connectivity index (χ2v) is 2.70. The van der Waals surface area contributed by atoms with Gasteiger partial charge < -0.3 is 5.43 Å². The molecule has 0 spiro atoms. The number of aliphatic imine (C=N–C) groups is 1. The number of amidine groups is 1. The summed E-state index contributed by atoms with van der Waals surface area (Å²) in [5.41, 5.74) is 5.06. The first-order chi connectivity index (χ1) is 6.19. The SMILES string of the molecule is CN=C(NN)c1cc(C)nnc1C. The van der Waals surface area contributed by atoms with Gasteiger partial charge in [0.25, 0.3) is 0 Å². The average molecular weight is 179 g/mol. The summed E-state index contributed by atoms with van der Waals surface area (Å²) in [6.07, 6.45) is 0. The summed E-state index contributed by atoms with van der Waals surface area (Å²) < 4.78 is 0. The van der Waals surface area contributed by atoms with Gasteiger partial charge in [-0.15, -0.1) is 0 Å². The zero-order valence-electron chi connectivity index (χ0n) is 8.00. The van der Waals surface area contributed by atoms with Crippen molar-refractivity contribution < 1.29 is 0 Å². The summed E-state index contributed by atoms with van der Waals surface area (Å²) in [5.74, 6) is 5.93. The zero-order valence-corrected chi connectivity index (χ0v) is 8.00. The number of hydrazine groups is 1. The van der Waals surface area contributed by atoms with Crippen molar-refractivity contribution >= 4 is 5.84 Å². The molecule has 70 valence electrons. The Balaban J connectivity index is 3.19. The number of aromatic nitrogens is 2. The van der Waals surface area contributed by atoms with Gasteiger partial charge in [0.2, 0.25) is 0 Å². The van der Waals surface area contributed by atoms with E-state index in [2.05, 4.69) is 20.6 Å². The largest absolute Gasteiger partial charge is 0.308 e. The summed E-state index contributed by atoms with van der Waals surface area (Å²) >= 11 is 0. The molecule has 0 saturated heterocycles. The molecule has 0 atom stereocenters. The third-order valence-electron chi connectivity index (χ3n) is 1.72. The van der Waals surface area contributed by atoms with Crippen molar-refractivity contribution in [1.29, 1.82) is 0 Å². The lowest BCUT2D eigenvalue weighted by Gasteiger charge is -2.06. The molecule has 5 nitrogen and oxygen atoms in total. The topological polar surface area (TPSA) is 76.2 Å². The lowest BCUT2D eigenvalue weighted by atomic mass is 10.2. The van der Waals surface area contributed by atoms with Gasteiger partial charge in [-0.05, 0) is 19.9 Å².